The maximum absolute atomic E-state index is 11.6. The number of hydrogen-bond donors (Lipinski definition) is 1. The Morgan fingerprint density at radius 2 is 2.21 bits per heavy atom. The standard InChI is InChI=1S/C14H17NO3S/c1-2-18-13(16)9-19-12-5-3-4-11(8-12)15-14(17)10-6-7-10/h3-5,8,10H,2,6-7,9H2,1H3,(H,15,17). The van der Waals surface area contributed by atoms with Crippen molar-refractivity contribution in [1.29, 1.82) is 0 Å². The lowest BCUT2D eigenvalue weighted by molar-refractivity contribution is -0.139. The first-order valence-corrected chi connectivity index (χ1v) is 7.37. The zero-order valence-electron chi connectivity index (χ0n) is 10.8. The monoisotopic (exact) mass is 279 g/mol. The largest absolute Gasteiger partial charge is 0.465 e. The minimum absolute atomic E-state index is 0.0903. The van der Waals surface area contributed by atoms with Crippen LogP contribution in [0.25, 0.3) is 0 Å². The van der Waals surface area contributed by atoms with Crippen molar-refractivity contribution in [3.63, 3.8) is 0 Å². The number of anilines is 1. The van der Waals surface area contributed by atoms with Gasteiger partial charge in [-0.25, -0.2) is 0 Å². The highest BCUT2D eigenvalue weighted by molar-refractivity contribution is 8.00. The van der Waals surface area contributed by atoms with Crippen LogP contribution in [0, 0.1) is 5.92 Å². The second kappa shape index (κ2) is 6.61. The fourth-order valence-corrected chi connectivity index (χ4v) is 2.35. The van der Waals surface area contributed by atoms with E-state index >= 15 is 0 Å². The van der Waals surface area contributed by atoms with Crippen LogP contribution in [0.5, 0.6) is 0 Å². The van der Waals surface area contributed by atoms with Crippen molar-refractivity contribution in [3.8, 4) is 0 Å². The zero-order valence-corrected chi connectivity index (χ0v) is 11.7. The summed E-state index contributed by atoms with van der Waals surface area (Å²) in [7, 11) is 0. The summed E-state index contributed by atoms with van der Waals surface area (Å²) >= 11 is 1.41. The first-order valence-electron chi connectivity index (χ1n) is 6.38. The predicted octanol–water partition coefficient (Wildman–Crippen LogP) is 2.69. The fourth-order valence-electron chi connectivity index (χ4n) is 1.60. The first-order chi connectivity index (χ1) is 9.19. The van der Waals surface area contributed by atoms with Gasteiger partial charge in [0, 0.05) is 16.5 Å². The molecule has 0 heterocycles. The van der Waals surface area contributed by atoms with Crippen LogP contribution in [-0.4, -0.2) is 24.2 Å². The number of amides is 1. The van der Waals surface area contributed by atoms with Crippen molar-refractivity contribution in [2.75, 3.05) is 17.7 Å². The molecule has 5 heteroatoms. The van der Waals surface area contributed by atoms with E-state index < -0.39 is 0 Å². The molecular formula is C14H17NO3S. The molecule has 1 saturated carbocycles. The molecule has 1 fully saturated rings. The summed E-state index contributed by atoms with van der Waals surface area (Å²) in [5, 5.41) is 2.89. The second-order valence-electron chi connectivity index (χ2n) is 4.39. The molecule has 1 aliphatic carbocycles. The maximum Gasteiger partial charge on any atom is 0.316 e. The van der Waals surface area contributed by atoms with Crippen LogP contribution < -0.4 is 5.32 Å². The third kappa shape index (κ3) is 4.59. The number of thioether (sulfide) groups is 1. The van der Waals surface area contributed by atoms with Crippen LogP contribution in [0.1, 0.15) is 19.8 Å². The molecule has 0 aromatic heterocycles. The fraction of sp³-hybridized carbons (Fsp3) is 0.429. The lowest BCUT2D eigenvalue weighted by Crippen LogP contribution is -2.13. The lowest BCUT2D eigenvalue weighted by Gasteiger charge is -2.06. The minimum atomic E-state index is -0.222. The molecule has 1 aliphatic rings. The second-order valence-corrected chi connectivity index (χ2v) is 5.43. The molecule has 0 atom stereocenters. The molecule has 2 rings (SSSR count). The Labute approximate surface area is 116 Å². The van der Waals surface area contributed by atoms with E-state index in [0.717, 1.165) is 23.4 Å². The van der Waals surface area contributed by atoms with Gasteiger partial charge in [0.25, 0.3) is 0 Å². The highest BCUT2D eigenvalue weighted by Crippen LogP contribution is 2.30. The molecule has 102 valence electrons. The summed E-state index contributed by atoms with van der Waals surface area (Å²) in [5.41, 5.74) is 0.783. The number of ether oxygens (including phenoxy) is 1. The molecular weight excluding hydrogens is 262 g/mol. The van der Waals surface area contributed by atoms with Gasteiger partial charge < -0.3 is 10.1 Å². The van der Waals surface area contributed by atoms with Gasteiger partial charge >= 0.3 is 5.97 Å². The van der Waals surface area contributed by atoms with Gasteiger partial charge in [-0.05, 0) is 38.0 Å². The molecule has 1 aromatic carbocycles. The van der Waals surface area contributed by atoms with Crippen LogP contribution in [0.2, 0.25) is 0 Å². The van der Waals surface area contributed by atoms with E-state index in [1.165, 1.54) is 11.8 Å². The number of hydrogen-bond acceptors (Lipinski definition) is 4. The number of carbonyl (C=O) groups is 2. The van der Waals surface area contributed by atoms with Gasteiger partial charge in [0.2, 0.25) is 5.91 Å². The van der Waals surface area contributed by atoms with Gasteiger partial charge in [0.15, 0.2) is 0 Å². The summed E-state index contributed by atoms with van der Waals surface area (Å²) in [5.74, 6) is 0.344. The molecule has 1 amide bonds. The van der Waals surface area contributed by atoms with Crippen molar-refractivity contribution in [2.45, 2.75) is 24.7 Å². The van der Waals surface area contributed by atoms with Crippen molar-refractivity contribution >= 4 is 29.3 Å². The Balaban J connectivity index is 1.87. The summed E-state index contributed by atoms with van der Waals surface area (Å²) in [4.78, 5) is 23.9. The number of rotatable bonds is 6. The Morgan fingerprint density at radius 1 is 1.42 bits per heavy atom. The van der Waals surface area contributed by atoms with E-state index in [0.29, 0.717) is 6.61 Å². The minimum Gasteiger partial charge on any atom is -0.465 e. The predicted molar refractivity (Wildman–Crippen MR) is 75.2 cm³/mol. The number of esters is 1. The lowest BCUT2D eigenvalue weighted by atomic mass is 10.3. The van der Waals surface area contributed by atoms with Gasteiger partial charge in [-0.2, -0.15) is 0 Å². The maximum atomic E-state index is 11.6. The average Bonchev–Trinajstić information content (AvgIpc) is 3.21. The van der Waals surface area contributed by atoms with Gasteiger partial charge in [-0.15, -0.1) is 11.8 Å². The number of carbonyl (C=O) groups excluding carboxylic acids is 2. The summed E-state index contributed by atoms with van der Waals surface area (Å²) < 4.78 is 4.87. The number of nitrogens with one attached hydrogen (secondary N) is 1. The Kier molecular flexibility index (Phi) is 4.85. The van der Waals surface area contributed by atoms with E-state index in [9.17, 15) is 9.59 Å². The molecule has 1 aromatic rings. The third-order valence-corrected chi connectivity index (χ3v) is 3.68. The van der Waals surface area contributed by atoms with Crippen LogP contribution in [0.4, 0.5) is 5.69 Å². The van der Waals surface area contributed by atoms with E-state index in [2.05, 4.69) is 5.32 Å². The summed E-state index contributed by atoms with van der Waals surface area (Å²) in [6.07, 6.45) is 1.98. The van der Waals surface area contributed by atoms with Crippen LogP contribution in [0.15, 0.2) is 29.2 Å². The average molecular weight is 279 g/mol. The van der Waals surface area contributed by atoms with Crippen molar-refractivity contribution in [3.05, 3.63) is 24.3 Å². The van der Waals surface area contributed by atoms with Crippen molar-refractivity contribution in [2.24, 2.45) is 5.92 Å². The van der Waals surface area contributed by atoms with Crippen LogP contribution in [-0.2, 0) is 14.3 Å². The smallest absolute Gasteiger partial charge is 0.316 e. The molecule has 4 nitrogen and oxygen atoms in total. The van der Waals surface area contributed by atoms with Gasteiger partial charge in [0.1, 0.15) is 0 Å². The van der Waals surface area contributed by atoms with Gasteiger partial charge in [-0.3, -0.25) is 9.59 Å². The normalized spacial score (nSPS) is 13.9. The molecule has 0 unspecified atom stereocenters. The van der Waals surface area contributed by atoms with Crippen molar-refractivity contribution < 1.29 is 14.3 Å². The summed E-state index contributed by atoms with van der Waals surface area (Å²) in [6.45, 7) is 2.19. The molecule has 0 saturated heterocycles. The highest BCUT2D eigenvalue weighted by Gasteiger charge is 2.29. The van der Waals surface area contributed by atoms with E-state index in [1.54, 1.807) is 6.92 Å². The van der Waals surface area contributed by atoms with Crippen LogP contribution in [0.3, 0.4) is 0 Å². The summed E-state index contributed by atoms with van der Waals surface area (Å²) in [6, 6.07) is 7.52. The van der Waals surface area contributed by atoms with Gasteiger partial charge in [-0.1, -0.05) is 6.07 Å². The van der Waals surface area contributed by atoms with E-state index in [1.807, 2.05) is 24.3 Å². The molecule has 0 aliphatic heterocycles. The van der Waals surface area contributed by atoms with Crippen molar-refractivity contribution in [1.82, 2.24) is 0 Å². The first kappa shape index (κ1) is 13.9. The molecule has 19 heavy (non-hydrogen) atoms. The number of benzene rings is 1. The third-order valence-electron chi connectivity index (χ3n) is 2.71. The molecule has 0 bridgehead atoms. The Morgan fingerprint density at radius 3 is 2.89 bits per heavy atom. The Bertz CT molecular complexity index is 472. The quantitative estimate of drug-likeness (QED) is 0.642. The molecule has 1 N–H and O–H groups in total. The van der Waals surface area contributed by atoms with Crippen LogP contribution >= 0.6 is 11.8 Å². The SMILES string of the molecule is CCOC(=O)CSc1cccc(NC(=O)C2CC2)c1. The topological polar surface area (TPSA) is 55.4 Å². The van der Waals surface area contributed by atoms with E-state index in [-0.39, 0.29) is 23.5 Å². The molecule has 0 spiro atoms. The van der Waals surface area contributed by atoms with E-state index in [4.69, 9.17) is 4.74 Å². The molecule has 0 radical (unpaired) electrons. The van der Waals surface area contributed by atoms with Gasteiger partial charge in [0.05, 0.1) is 12.4 Å². The Hall–Kier alpha value is -1.49. The zero-order chi connectivity index (χ0) is 13.7. The highest BCUT2D eigenvalue weighted by atomic mass is 32.2.